The van der Waals surface area contributed by atoms with Crippen LogP contribution in [-0.4, -0.2) is 38.6 Å². The molecular formula is C4H8N2NiO7. The maximum absolute atomic E-state index is 9.01. The summed E-state index contributed by atoms with van der Waals surface area (Å²) in [6.07, 6.45) is 0. The molecule has 0 saturated carbocycles. The van der Waals surface area contributed by atoms with Crippen molar-refractivity contribution in [1.82, 2.24) is 0 Å². The third kappa shape index (κ3) is 169. The van der Waals surface area contributed by atoms with E-state index in [-0.39, 0.29) is 32.9 Å². The molecule has 14 heavy (non-hydrogen) atoms. The predicted octanol–water partition coefficient (Wildman–Crippen LogP) is -3.29. The fraction of sp³-hybridized carbons (Fsp3) is 0. The third-order valence-electron chi connectivity index (χ3n) is 0.191. The average molecular weight is 255 g/mol. The quantitative estimate of drug-likeness (QED) is 0.256. The van der Waals surface area contributed by atoms with E-state index < -0.39 is 11.9 Å². The molecule has 10 heteroatoms. The first-order valence-electron chi connectivity index (χ1n) is 1.80. The Balaban J connectivity index is -0.0000000178. The van der Waals surface area contributed by atoms with Crippen molar-refractivity contribution in [1.29, 1.82) is 10.5 Å². The molecule has 0 aromatic heterocycles. The van der Waals surface area contributed by atoms with E-state index in [1.54, 1.807) is 0 Å². The molecular weight excluding hydrogens is 247 g/mol. The topological polar surface area (TPSA) is 217 Å². The van der Waals surface area contributed by atoms with Gasteiger partial charge in [0.25, 0.3) is 0 Å². The average Bonchev–Trinajstić information content (AvgIpc) is 1.89. The van der Waals surface area contributed by atoms with Crippen molar-refractivity contribution in [3.63, 3.8) is 0 Å². The molecule has 0 amide bonds. The number of carboxylic acid groups (broad SMARTS) is 2. The smallest absolute Gasteiger partial charge is 0.408 e. The molecule has 0 saturated heterocycles. The van der Waals surface area contributed by atoms with Crippen LogP contribution in [0.3, 0.4) is 0 Å². The Bertz CT molecular complexity index is 193. The number of carboxylic acids is 2. The van der Waals surface area contributed by atoms with Crippen molar-refractivity contribution in [2.75, 3.05) is 0 Å². The Morgan fingerprint density at radius 2 is 0.929 bits per heavy atom. The molecule has 86 valence electrons. The second-order valence-corrected chi connectivity index (χ2v) is 0.834. The van der Waals surface area contributed by atoms with Gasteiger partial charge in [0.1, 0.15) is 0 Å². The zero-order chi connectivity index (χ0) is 8.57. The van der Waals surface area contributed by atoms with E-state index in [0.29, 0.717) is 0 Å². The number of hydrogen-bond donors (Lipinski definition) is 2. The summed E-state index contributed by atoms with van der Waals surface area (Å²) in [5.41, 5.74) is 0. The fourth-order valence-electron chi connectivity index (χ4n) is 0. The molecule has 0 atom stereocenters. The summed E-state index contributed by atoms with van der Waals surface area (Å²) in [6.45, 7) is 0. The standard InChI is InChI=1S/2C2HNO2.Ni.3H2O/c2*3-1-2(4)5;;;;/h2*(H,4,5);;3*1H2. The number of carbonyl (C=O) groups is 2. The summed E-state index contributed by atoms with van der Waals surface area (Å²) in [4.78, 5) is 18.0. The Kier molecular flexibility index (Phi) is 85.4. The summed E-state index contributed by atoms with van der Waals surface area (Å²) < 4.78 is 0. The largest absolute Gasteiger partial charge is 0.470 e. The minimum absolute atomic E-state index is 0. The van der Waals surface area contributed by atoms with Gasteiger partial charge >= 0.3 is 11.9 Å². The number of aliphatic carboxylic acids is 2. The van der Waals surface area contributed by atoms with Gasteiger partial charge in [0.2, 0.25) is 0 Å². The van der Waals surface area contributed by atoms with E-state index in [1.807, 2.05) is 0 Å². The maximum Gasteiger partial charge on any atom is 0.408 e. The monoisotopic (exact) mass is 254 g/mol. The molecule has 0 aromatic rings. The Labute approximate surface area is 88.0 Å². The molecule has 0 radical (unpaired) electrons. The van der Waals surface area contributed by atoms with E-state index in [1.165, 1.54) is 0 Å². The van der Waals surface area contributed by atoms with Crippen LogP contribution in [0.1, 0.15) is 0 Å². The minimum atomic E-state index is -1.44. The van der Waals surface area contributed by atoms with Gasteiger partial charge in [-0.3, -0.25) is 0 Å². The molecule has 0 spiro atoms. The Morgan fingerprint density at radius 3 is 0.929 bits per heavy atom. The van der Waals surface area contributed by atoms with Gasteiger partial charge in [-0.25, -0.2) is 9.59 Å². The number of nitriles is 2. The molecule has 0 bridgehead atoms. The summed E-state index contributed by atoms with van der Waals surface area (Å²) in [6, 6.07) is 1.89. The van der Waals surface area contributed by atoms with Crippen LogP contribution in [0, 0.1) is 22.7 Å². The molecule has 0 aromatic carbocycles. The fourth-order valence-corrected chi connectivity index (χ4v) is 0. The van der Waals surface area contributed by atoms with Crippen molar-refractivity contribution >= 4 is 11.9 Å². The summed E-state index contributed by atoms with van der Waals surface area (Å²) in [5, 5.41) is 29.3. The summed E-state index contributed by atoms with van der Waals surface area (Å²) >= 11 is 0. The third-order valence-corrected chi connectivity index (χ3v) is 0.191. The van der Waals surface area contributed by atoms with Gasteiger partial charge in [-0.2, -0.15) is 10.5 Å². The Hall–Kier alpha value is -1.71. The first kappa shape index (κ1) is 39.6. The minimum Gasteiger partial charge on any atom is -0.470 e. The van der Waals surface area contributed by atoms with Crippen LogP contribution < -0.4 is 0 Å². The molecule has 0 aliphatic heterocycles. The number of nitrogens with zero attached hydrogens (tertiary/aromatic N) is 2. The van der Waals surface area contributed by atoms with E-state index in [4.69, 9.17) is 30.3 Å². The molecule has 0 aliphatic rings. The van der Waals surface area contributed by atoms with E-state index in [2.05, 4.69) is 0 Å². The van der Waals surface area contributed by atoms with Gasteiger partial charge in [-0.1, -0.05) is 0 Å². The van der Waals surface area contributed by atoms with Crippen molar-refractivity contribution in [3.8, 4) is 12.1 Å². The first-order valence-corrected chi connectivity index (χ1v) is 1.80. The SMILES string of the molecule is N#CC(=O)O.N#CC(=O)O.O.O.O.[Ni]. The zero-order valence-corrected chi connectivity index (χ0v) is 7.41. The van der Waals surface area contributed by atoms with Crippen LogP contribution in [0.2, 0.25) is 0 Å². The Morgan fingerprint density at radius 1 is 0.857 bits per heavy atom. The molecule has 0 unspecified atom stereocenters. The molecule has 0 aliphatic carbocycles. The van der Waals surface area contributed by atoms with E-state index in [0.717, 1.165) is 12.1 Å². The van der Waals surface area contributed by atoms with Crippen LogP contribution in [0.15, 0.2) is 0 Å². The van der Waals surface area contributed by atoms with Crippen LogP contribution in [-0.2, 0) is 26.1 Å². The number of rotatable bonds is 0. The van der Waals surface area contributed by atoms with Gasteiger partial charge in [0, 0.05) is 16.5 Å². The van der Waals surface area contributed by atoms with Gasteiger partial charge < -0.3 is 26.6 Å². The molecule has 0 fully saturated rings. The second-order valence-electron chi connectivity index (χ2n) is 0.834. The van der Waals surface area contributed by atoms with Crippen molar-refractivity contribution in [2.24, 2.45) is 0 Å². The van der Waals surface area contributed by atoms with Crippen molar-refractivity contribution in [2.45, 2.75) is 0 Å². The van der Waals surface area contributed by atoms with Crippen LogP contribution in [0.4, 0.5) is 0 Å². The van der Waals surface area contributed by atoms with E-state index >= 15 is 0 Å². The van der Waals surface area contributed by atoms with Crippen LogP contribution in [0.25, 0.3) is 0 Å². The van der Waals surface area contributed by atoms with Crippen molar-refractivity contribution < 1.29 is 52.7 Å². The van der Waals surface area contributed by atoms with Crippen molar-refractivity contribution in [3.05, 3.63) is 0 Å². The van der Waals surface area contributed by atoms with Gasteiger partial charge in [-0.15, -0.1) is 0 Å². The summed E-state index contributed by atoms with van der Waals surface area (Å²) in [7, 11) is 0. The van der Waals surface area contributed by atoms with Crippen LogP contribution in [0.5, 0.6) is 0 Å². The maximum atomic E-state index is 9.01. The molecule has 9 nitrogen and oxygen atoms in total. The molecule has 0 heterocycles. The summed E-state index contributed by atoms with van der Waals surface area (Å²) in [5.74, 6) is -2.88. The van der Waals surface area contributed by atoms with Crippen LogP contribution >= 0.6 is 0 Å². The number of hydrogen-bond acceptors (Lipinski definition) is 4. The van der Waals surface area contributed by atoms with Gasteiger partial charge in [0.15, 0.2) is 12.1 Å². The molecule has 0 rings (SSSR count). The van der Waals surface area contributed by atoms with Gasteiger partial charge in [0.05, 0.1) is 0 Å². The zero-order valence-electron chi connectivity index (χ0n) is 6.42. The molecule has 8 N–H and O–H groups in total. The predicted molar refractivity (Wildman–Crippen MR) is 37.3 cm³/mol. The normalized spacial score (nSPS) is 3.86. The second kappa shape index (κ2) is 30.2. The van der Waals surface area contributed by atoms with E-state index in [9.17, 15) is 0 Å². The first-order chi connectivity index (χ1) is 4.54. The van der Waals surface area contributed by atoms with Gasteiger partial charge in [-0.05, 0) is 0 Å².